The number of amides is 1. The topological polar surface area (TPSA) is 77.5 Å². The Morgan fingerprint density at radius 2 is 1.79 bits per heavy atom. The molecule has 0 bridgehead atoms. The number of nitrogens with zero attached hydrogens (tertiary/aromatic N) is 1. The van der Waals surface area contributed by atoms with E-state index in [1.54, 1.807) is 7.11 Å². The molecule has 1 N–H and O–H groups in total. The van der Waals surface area contributed by atoms with Gasteiger partial charge in [-0.25, -0.2) is 9.78 Å². The molecule has 0 spiro atoms. The number of carbonyl (C=O) groups is 2. The fourth-order valence-corrected chi connectivity index (χ4v) is 5.19. The van der Waals surface area contributed by atoms with Crippen LogP contribution in [0, 0.1) is 6.92 Å². The van der Waals surface area contributed by atoms with Crippen LogP contribution < -0.4 is 10.1 Å². The first-order valence-electron chi connectivity index (χ1n) is 13.3. The molecule has 1 aromatic heterocycles. The van der Waals surface area contributed by atoms with Gasteiger partial charge < -0.3 is 14.8 Å². The molecule has 1 amide bonds. The number of allylic oxidation sites excluding steroid dienone is 1. The molecule has 1 aliphatic rings. The van der Waals surface area contributed by atoms with Gasteiger partial charge in [0.05, 0.1) is 23.9 Å². The van der Waals surface area contributed by atoms with Crippen LogP contribution in [0.4, 0.5) is 5.69 Å². The van der Waals surface area contributed by atoms with Gasteiger partial charge in [0.1, 0.15) is 5.75 Å². The van der Waals surface area contributed by atoms with Gasteiger partial charge in [0.2, 0.25) is 0 Å². The Kier molecular flexibility index (Phi) is 7.73. The number of aromatic nitrogens is 1. The van der Waals surface area contributed by atoms with Crippen molar-refractivity contribution >= 4 is 40.1 Å². The van der Waals surface area contributed by atoms with Gasteiger partial charge in [-0.05, 0) is 84.7 Å². The predicted octanol–water partition coefficient (Wildman–Crippen LogP) is 6.79. The Morgan fingerprint density at radius 1 is 1.00 bits per heavy atom. The molecule has 0 unspecified atom stereocenters. The summed E-state index contributed by atoms with van der Waals surface area (Å²) >= 11 is 0. The third kappa shape index (κ3) is 5.55. The van der Waals surface area contributed by atoms with Crippen molar-refractivity contribution in [3.63, 3.8) is 0 Å². The lowest BCUT2D eigenvalue weighted by molar-refractivity contribution is -0.119. The van der Waals surface area contributed by atoms with Crippen molar-refractivity contribution < 1.29 is 19.1 Å². The van der Waals surface area contributed by atoms with Crippen molar-refractivity contribution in [1.82, 2.24) is 4.98 Å². The van der Waals surface area contributed by atoms with Crippen LogP contribution in [0.5, 0.6) is 5.75 Å². The average molecular weight is 521 g/mol. The number of anilines is 1. The zero-order valence-electron chi connectivity index (χ0n) is 22.5. The minimum absolute atomic E-state index is 0.361. The van der Waals surface area contributed by atoms with Crippen LogP contribution in [-0.2, 0) is 22.4 Å². The van der Waals surface area contributed by atoms with Crippen LogP contribution in [0.3, 0.4) is 0 Å². The Balaban J connectivity index is 1.45. The van der Waals surface area contributed by atoms with Crippen molar-refractivity contribution in [3.05, 3.63) is 100 Å². The summed E-state index contributed by atoms with van der Waals surface area (Å²) in [6, 6.07) is 21.4. The van der Waals surface area contributed by atoms with Gasteiger partial charge in [-0.2, -0.15) is 0 Å². The number of methoxy groups -OCH3 is 1. The molecule has 0 saturated heterocycles. The van der Waals surface area contributed by atoms with Crippen molar-refractivity contribution in [2.24, 2.45) is 0 Å². The summed E-state index contributed by atoms with van der Waals surface area (Å²) in [5, 5.41) is 3.67. The summed E-state index contributed by atoms with van der Waals surface area (Å²) in [6.07, 6.45) is 5.38. The van der Waals surface area contributed by atoms with E-state index in [4.69, 9.17) is 14.5 Å². The monoisotopic (exact) mass is 520 g/mol. The first-order valence-corrected chi connectivity index (χ1v) is 13.3. The van der Waals surface area contributed by atoms with Crippen molar-refractivity contribution in [1.29, 1.82) is 0 Å². The number of carbonyl (C=O) groups excluding carboxylic acids is 2. The molecule has 0 saturated carbocycles. The number of hydrogen-bond donors (Lipinski definition) is 1. The first-order chi connectivity index (χ1) is 19.0. The van der Waals surface area contributed by atoms with Gasteiger partial charge in [0.25, 0.3) is 5.91 Å². The fourth-order valence-electron chi connectivity index (χ4n) is 5.19. The fraction of sp³-hybridized carbons (Fsp3) is 0.242. The number of ether oxygens (including phenoxy) is 2. The van der Waals surface area contributed by atoms with Gasteiger partial charge >= 0.3 is 5.97 Å². The second-order valence-electron chi connectivity index (χ2n) is 9.71. The van der Waals surface area contributed by atoms with Gasteiger partial charge in [0, 0.05) is 11.1 Å². The smallest absolute Gasteiger partial charge is 0.339 e. The van der Waals surface area contributed by atoms with Crippen molar-refractivity contribution in [3.8, 4) is 5.75 Å². The SMILES string of the molecule is CCc1cccc(C)c1NC(=O)COC(=O)c1c2c(nc3ccccc13)/C(=C\c1ccc(OC)cc1)CCC2. The third-order valence-corrected chi connectivity index (χ3v) is 7.17. The Labute approximate surface area is 228 Å². The summed E-state index contributed by atoms with van der Waals surface area (Å²) in [7, 11) is 1.65. The second kappa shape index (κ2) is 11.5. The van der Waals surface area contributed by atoms with Crippen LogP contribution in [-0.4, -0.2) is 30.6 Å². The minimum atomic E-state index is -0.508. The molecule has 0 fully saturated rings. The van der Waals surface area contributed by atoms with Gasteiger partial charge in [-0.15, -0.1) is 0 Å². The number of aryl methyl sites for hydroxylation is 2. The van der Waals surface area contributed by atoms with Crippen LogP contribution in [0.15, 0.2) is 66.7 Å². The number of nitrogens with one attached hydrogen (secondary N) is 1. The summed E-state index contributed by atoms with van der Waals surface area (Å²) in [6.45, 7) is 3.63. The number of hydrogen-bond acceptors (Lipinski definition) is 5. The lowest BCUT2D eigenvalue weighted by atomic mass is 9.86. The largest absolute Gasteiger partial charge is 0.497 e. The molecule has 198 valence electrons. The van der Waals surface area contributed by atoms with Crippen LogP contribution in [0.25, 0.3) is 22.6 Å². The Hall–Kier alpha value is -4.45. The summed E-state index contributed by atoms with van der Waals surface area (Å²) in [5.41, 5.74) is 7.82. The van der Waals surface area contributed by atoms with E-state index in [0.717, 1.165) is 75.1 Å². The first kappa shape index (κ1) is 26.2. The van der Waals surface area contributed by atoms with E-state index in [0.29, 0.717) is 12.0 Å². The van der Waals surface area contributed by atoms with E-state index in [1.807, 2.05) is 80.6 Å². The van der Waals surface area contributed by atoms with E-state index >= 15 is 0 Å². The highest BCUT2D eigenvalue weighted by atomic mass is 16.5. The van der Waals surface area contributed by atoms with Crippen LogP contribution in [0.1, 0.15) is 58.1 Å². The standard InChI is InChI=1S/C33H32N2O4/c1-4-23-10-7-9-21(2)31(23)35-29(36)20-39-33(37)30-26-12-5-6-14-28(26)34-32-24(11-8-13-27(30)32)19-22-15-17-25(38-3)18-16-22/h5-7,9-10,12,14-19H,4,8,11,13,20H2,1-3H3,(H,35,36)/b24-19-. The number of fused-ring (bicyclic) bond motifs is 2. The van der Waals surface area contributed by atoms with E-state index in [9.17, 15) is 9.59 Å². The molecular formula is C33H32N2O4. The zero-order chi connectivity index (χ0) is 27.4. The van der Waals surface area contributed by atoms with Crippen LogP contribution >= 0.6 is 0 Å². The van der Waals surface area contributed by atoms with E-state index in [-0.39, 0.29) is 12.5 Å². The molecule has 1 aliphatic carbocycles. The number of pyridine rings is 1. The molecular weight excluding hydrogens is 488 g/mol. The Bertz CT molecular complexity index is 1570. The maximum atomic E-state index is 13.5. The quantitative estimate of drug-likeness (QED) is 0.272. The van der Waals surface area contributed by atoms with Crippen LogP contribution in [0.2, 0.25) is 0 Å². The molecule has 6 heteroatoms. The highest BCUT2D eigenvalue weighted by Gasteiger charge is 2.26. The minimum Gasteiger partial charge on any atom is -0.497 e. The highest BCUT2D eigenvalue weighted by molar-refractivity contribution is 6.07. The molecule has 3 aromatic carbocycles. The number of rotatable bonds is 7. The van der Waals surface area contributed by atoms with E-state index < -0.39 is 5.97 Å². The van der Waals surface area contributed by atoms with Gasteiger partial charge in [0.15, 0.2) is 6.61 Å². The second-order valence-corrected chi connectivity index (χ2v) is 9.71. The normalized spacial score (nSPS) is 13.7. The molecule has 0 radical (unpaired) electrons. The lowest BCUT2D eigenvalue weighted by Gasteiger charge is -2.22. The average Bonchev–Trinajstić information content (AvgIpc) is 2.96. The molecule has 6 nitrogen and oxygen atoms in total. The van der Waals surface area contributed by atoms with E-state index in [2.05, 4.69) is 11.4 Å². The molecule has 0 aliphatic heterocycles. The molecule has 39 heavy (non-hydrogen) atoms. The predicted molar refractivity (Wildman–Crippen MR) is 155 cm³/mol. The molecule has 5 rings (SSSR count). The van der Waals surface area contributed by atoms with Gasteiger partial charge in [-0.1, -0.05) is 55.5 Å². The zero-order valence-corrected chi connectivity index (χ0v) is 22.5. The third-order valence-electron chi connectivity index (χ3n) is 7.17. The molecule has 4 aromatic rings. The summed E-state index contributed by atoms with van der Waals surface area (Å²) in [4.78, 5) is 31.3. The van der Waals surface area contributed by atoms with Gasteiger partial charge in [-0.3, -0.25) is 4.79 Å². The van der Waals surface area contributed by atoms with Crippen molar-refractivity contribution in [2.75, 3.05) is 19.0 Å². The van der Waals surface area contributed by atoms with Crippen molar-refractivity contribution in [2.45, 2.75) is 39.5 Å². The maximum Gasteiger partial charge on any atom is 0.339 e. The number of para-hydroxylation sites is 2. The maximum absolute atomic E-state index is 13.5. The summed E-state index contributed by atoms with van der Waals surface area (Å²) in [5.74, 6) is -0.0707. The number of benzene rings is 3. The van der Waals surface area contributed by atoms with E-state index in [1.165, 1.54) is 0 Å². The molecule has 0 atom stereocenters. The lowest BCUT2D eigenvalue weighted by Crippen LogP contribution is -2.23. The Morgan fingerprint density at radius 3 is 2.56 bits per heavy atom. The highest BCUT2D eigenvalue weighted by Crippen LogP contribution is 2.36. The molecule has 1 heterocycles. The summed E-state index contributed by atoms with van der Waals surface area (Å²) < 4.78 is 10.9. The number of esters is 1.